The van der Waals surface area contributed by atoms with Crippen LogP contribution in [0.1, 0.15) is 69.9 Å². The zero-order valence-corrected chi connectivity index (χ0v) is 13.9. The predicted molar refractivity (Wildman–Crippen MR) is 90.4 cm³/mol. The van der Waals surface area contributed by atoms with Crippen LogP contribution in [0.25, 0.3) is 0 Å². The van der Waals surface area contributed by atoms with Crippen LogP contribution < -0.4 is 5.32 Å². The molecule has 0 saturated carbocycles. The summed E-state index contributed by atoms with van der Waals surface area (Å²) in [6.45, 7) is 11.3. The van der Waals surface area contributed by atoms with Gasteiger partial charge in [-0.25, -0.2) is 0 Å². The third kappa shape index (κ3) is 7.09. The molecule has 0 saturated heterocycles. The molecule has 1 rings (SSSR count). The minimum atomic E-state index is 0.672. The lowest BCUT2D eigenvalue weighted by molar-refractivity contribution is 0.483. The summed E-state index contributed by atoms with van der Waals surface area (Å²) < 4.78 is 0. The smallest absolute Gasteiger partial charge is 0.00202 e. The van der Waals surface area contributed by atoms with E-state index in [9.17, 15) is 0 Å². The van der Waals surface area contributed by atoms with E-state index in [0.717, 1.165) is 19.0 Å². The zero-order valence-electron chi connectivity index (χ0n) is 13.9. The molecule has 0 radical (unpaired) electrons. The van der Waals surface area contributed by atoms with Gasteiger partial charge in [-0.1, -0.05) is 76.3 Å². The monoisotopic (exact) mass is 275 g/mol. The Morgan fingerprint density at radius 2 is 1.85 bits per heavy atom. The van der Waals surface area contributed by atoms with Crippen molar-refractivity contribution in [2.75, 3.05) is 13.1 Å². The Bertz CT molecular complexity index is 357. The number of aryl methyl sites for hydroxylation is 1. The average Bonchev–Trinajstić information content (AvgIpc) is 2.41. The van der Waals surface area contributed by atoms with Crippen LogP contribution in [-0.2, 0) is 0 Å². The van der Waals surface area contributed by atoms with Crippen LogP contribution in [0.2, 0.25) is 0 Å². The fourth-order valence-corrected chi connectivity index (χ4v) is 2.67. The normalized spacial score (nSPS) is 12.8. The predicted octanol–water partition coefficient (Wildman–Crippen LogP) is 5.29. The van der Waals surface area contributed by atoms with Gasteiger partial charge in [-0.05, 0) is 37.3 Å². The summed E-state index contributed by atoms with van der Waals surface area (Å²) in [7, 11) is 0. The number of hydrogen-bond acceptors (Lipinski definition) is 1. The Balaban J connectivity index is 2.53. The summed E-state index contributed by atoms with van der Waals surface area (Å²) in [5.74, 6) is 1.40. The van der Waals surface area contributed by atoms with E-state index in [0.29, 0.717) is 5.92 Å². The summed E-state index contributed by atoms with van der Waals surface area (Å²) in [4.78, 5) is 0. The van der Waals surface area contributed by atoms with Gasteiger partial charge in [-0.3, -0.25) is 0 Å². The lowest BCUT2D eigenvalue weighted by Gasteiger charge is -2.19. The largest absolute Gasteiger partial charge is 0.316 e. The van der Waals surface area contributed by atoms with Crippen molar-refractivity contribution in [3.05, 3.63) is 35.4 Å². The van der Waals surface area contributed by atoms with E-state index in [2.05, 4.69) is 57.3 Å². The Morgan fingerprint density at radius 3 is 2.50 bits per heavy atom. The molecular formula is C19H33N. The van der Waals surface area contributed by atoms with Gasteiger partial charge >= 0.3 is 0 Å². The molecule has 0 amide bonds. The summed E-state index contributed by atoms with van der Waals surface area (Å²) in [5, 5.41) is 3.64. The van der Waals surface area contributed by atoms with Crippen molar-refractivity contribution in [2.45, 2.75) is 65.7 Å². The highest BCUT2D eigenvalue weighted by Crippen LogP contribution is 2.23. The molecule has 1 nitrogen and oxygen atoms in total. The van der Waals surface area contributed by atoms with Gasteiger partial charge in [-0.2, -0.15) is 0 Å². The molecule has 1 aromatic carbocycles. The molecule has 1 atom stereocenters. The zero-order chi connectivity index (χ0) is 14.8. The van der Waals surface area contributed by atoms with Crippen molar-refractivity contribution in [2.24, 2.45) is 5.92 Å². The topological polar surface area (TPSA) is 12.0 Å². The van der Waals surface area contributed by atoms with E-state index < -0.39 is 0 Å². The third-order valence-corrected chi connectivity index (χ3v) is 3.86. The van der Waals surface area contributed by atoms with Gasteiger partial charge in [0.05, 0.1) is 0 Å². The second kappa shape index (κ2) is 9.99. The molecule has 0 aliphatic rings. The first kappa shape index (κ1) is 17.2. The van der Waals surface area contributed by atoms with Gasteiger partial charge in [0.15, 0.2) is 0 Å². The maximum absolute atomic E-state index is 3.64. The minimum absolute atomic E-state index is 0.672. The molecule has 0 heterocycles. The molecule has 0 aromatic heterocycles. The molecule has 114 valence electrons. The van der Waals surface area contributed by atoms with Crippen LogP contribution in [0, 0.1) is 12.8 Å². The van der Waals surface area contributed by atoms with Crippen molar-refractivity contribution in [3.63, 3.8) is 0 Å². The van der Waals surface area contributed by atoms with Gasteiger partial charge in [-0.15, -0.1) is 0 Å². The Morgan fingerprint density at radius 1 is 1.05 bits per heavy atom. The molecule has 1 unspecified atom stereocenters. The lowest BCUT2D eigenvalue weighted by atomic mass is 9.92. The maximum atomic E-state index is 3.64. The first-order valence-corrected chi connectivity index (χ1v) is 8.40. The first-order chi connectivity index (χ1) is 9.63. The molecule has 1 heteroatoms. The van der Waals surface area contributed by atoms with Gasteiger partial charge in [0, 0.05) is 6.54 Å². The van der Waals surface area contributed by atoms with Crippen molar-refractivity contribution in [3.8, 4) is 0 Å². The van der Waals surface area contributed by atoms with Crippen LogP contribution in [0.4, 0.5) is 0 Å². The minimum Gasteiger partial charge on any atom is -0.316 e. The van der Waals surface area contributed by atoms with E-state index in [1.54, 1.807) is 0 Å². The molecule has 0 aliphatic carbocycles. The number of unbranched alkanes of at least 4 members (excludes halogenated alkanes) is 3. The molecule has 20 heavy (non-hydrogen) atoms. The molecule has 0 spiro atoms. The van der Waals surface area contributed by atoms with E-state index in [1.807, 2.05) is 0 Å². The lowest BCUT2D eigenvalue weighted by Crippen LogP contribution is -2.25. The Hall–Kier alpha value is -0.820. The van der Waals surface area contributed by atoms with Crippen LogP contribution in [-0.4, -0.2) is 13.1 Å². The molecule has 0 bridgehead atoms. The number of rotatable bonds is 10. The van der Waals surface area contributed by atoms with E-state index in [1.165, 1.54) is 43.2 Å². The Labute approximate surface area is 126 Å². The number of hydrogen-bond donors (Lipinski definition) is 1. The molecular weight excluding hydrogens is 242 g/mol. The van der Waals surface area contributed by atoms with Crippen LogP contribution in [0.5, 0.6) is 0 Å². The van der Waals surface area contributed by atoms with E-state index in [-0.39, 0.29) is 0 Å². The van der Waals surface area contributed by atoms with E-state index >= 15 is 0 Å². The summed E-state index contributed by atoms with van der Waals surface area (Å²) in [5.41, 5.74) is 2.89. The average molecular weight is 275 g/mol. The highest BCUT2D eigenvalue weighted by Gasteiger charge is 2.11. The van der Waals surface area contributed by atoms with Crippen molar-refractivity contribution >= 4 is 0 Å². The standard InChI is InChI=1S/C19H33N/c1-5-6-7-8-11-19(15-20-14-16(2)3)18-12-9-10-17(4)13-18/h9-10,12-13,16,19-20H,5-8,11,14-15H2,1-4H3. The van der Waals surface area contributed by atoms with Crippen LogP contribution in [0.3, 0.4) is 0 Å². The van der Waals surface area contributed by atoms with Crippen LogP contribution in [0.15, 0.2) is 24.3 Å². The molecule has 0 aliphatic heterocycles. The SMILES string of the molecule is CCCCCCC(CNCC(C)C)c1cccc(C)c1. The molecule has 1 N–H and O–H groups in total. The summed E-state index contributed by atoms with van der Waals surface area (Å²) in [6, 6.07) is 9.06. The van der Waals surface area contributed by atoms with Gasteiger partial charge in [0.1, 0.15) is 0 Å². The number of nitrogens with one attached hydrogen (secondary N) is 1. The molecule has 1 aromatic rings. The van der Waals surface area contributed by atoms with Crippen molar-refractivity contribution in [1.82, 2.24) is 5.32 Å². The second-order valence-electron chi connectivity index (χ2n) is 6.51. The fourth-order valence-electron chi connectivity index (χ4n) is 2.67. The quantitative estimate of drug-likeness (QED) is 0.572. The van der Waals surface area contributed by atoms with Gasteiger partial charge in [0.2, 0.25) is 0 Å². The van der Waals surface area contributed by atoms with Crippen molar-refractivity contribution < 1.29 is 0 Å². The van der Waals surface area contributed by atoms with Crippen molar-refractivity contribution in [1.29, 1.82) is 0 Å². The fraction of sp³-hybridized carbons (Fsp3) is 0.684. The molecule has 0 fully saturated rings. The highest BCUT2D eigenvalue weighted by atomic mass is 14.9. The summed E-state index contributed by atoms with van der Waals surface area (Å²) in [6.07, 6.45) is 6.74. The van der Waals surface area contributed by atoms with Gasteiger partial charge < -0.3 is 5.32 Å². The highest BCUT2D eigenvalue weighted by molar-refractivity contribution is 5.25. The van der Waals surface area contributed by atoms with Crippen LogP contribution >= 0.6 is 0 Å². The first-order valence-electron chi connectivity index (χ1n) is 8.40. The summed E-state index contributed by atoms with van der Waals surface area (Å²) >= 11 is 0. The van der Waals surface area contributed by atoms with E-state index in [4.69, 9.17) is 0 Å². The maximum Gasteiger partial charge on any atom is 0.00202 e. The number of benzene rings is 1. The van der Waals surface area contributed by atoms with Gasteiger partial charge in [0.25, 0.3) is 0 Å². The Kier molecular flexibility index (Phi) is 8.60. The second-order valence-corrected chi connectivity index (χ2v) is 6.51. The third-order valence-electron chi connectivity index (χ3n) is 3.86.